The van der Waals surface area contributed by atoms with E-state index in [-0.39, 0.29) is 17.5 Å². The van der Waals surface area contributed by atoms with Gasteiger partial charge in [-0.25, -0.2) is 18.7 Å². The Kier molecular flexibility index (Phi) is 7.13. The summed E-state index contributed by atoms with van der Waals surface area (Å²) in [6.07, 6.45) is 3.74. The molecule has 0 N–H and O–H groups in total. The maximum atomic E-state index is 15.0. The molecule has 2 aliphatic rings. The first-order valence-corrected chi connectivity index (χ1v) is 12.9. The number of ether oxygens (including phenoxy) is 1. The number of likely N-dealkylation sites (tertiary alicyclic amines) is 1. The molecule has 3 heterocycles. The lowest BCUT2D eigenvalue weighted by atomic mass is 9.89. The molecule has 0 atom stereocenters. The zero-order valence-electron chi connectivity index (χ0n) is 20.9. The molecule has 0 aliphatic carbocycles. The lowest BCUT2D eigenvalue weighted by Crippen LogP contribution is -2.38. The Labute approximate surface area is 216 Å². The molecule has 8 heteroatoms. The van der Waals surface area contributed by atoms with E-state index in [1.165, 1.54) is 11.6 Å². The maximum absolute atomic E-state index is 15.0. The number of nitrogens with zero attached hydrogens (tertiary/aromatic N) is 4. The highest BCUT2D eigenvalue weighted by atomic mass is 35.5. The predicted molar refractivity (Wildman–Crippen MR) is 139 cm³/mol. The molecule has 36 heavy (non-hydrogen) atoms. The van der Waals surface area contributed by atoms with Crippen LogP contribution >= 0.6 is 11.6 Å². The van der Waals surface area contributed by atoms with Gasteiger partial charge in [0.15, 0.2) is 17.4 Å². The average molecular weight is 513 g/mol. The van der Waals surface area contributed by atoms with Crippen LogP contribution < -0.4 is 9.64 Å². The predicted octanol–water partition coefficient (Wildman–Crippen LogP) is 6.08. The number of halogens is 3. The quantitative estimate of drug-likeness (QED) is 0.414. The second-order valence-corrected chi connectivity index (χ2v) is 10.4. The van der Waals surface area contributed by atoms with Crippen LogP contribution in [0.3, 0.4) is 0 Å². The Morgan fingerprint density at radius 3 is 2.58 bits per heavy atom. The number of hydrogen-bond donors (Lipinski definition) is 0. The molecule has 5 nitrogen and oxygen atoms in total. The first-order chi connectivity index (χ1) is 17.3. The summed E-state index contributed by atoms with van der Waals surface area (Å²) >= 11 is 6.67. The summed E-state index contributed by atoms with van der Waals surface area (Å²) in [7, 11) is 2.14. The third-order valence-electron chi connectivity index (χ3n) is 7.19. The number of piperidine rings is 1. The second-order valence-electron chi connectivity index (χ2n) is 10.0. The van der Waals surface area contributed by atoms with Gasteiger partial charge >= 0.3 is 0 Å². The van der Waals surface area contributed by atoms with Crippen LogP contribution in [-0.2, 0) is 6.42 Å². The largest absolute Gasteiger partial charge is 0.486 e. The lowest BCUT2D eigenvalue weighted by molar-refractivity contribution is 0.255. The molecule has 0 amide bonds. The minimum atomic E-state index is -0.596. The molecule has 1 fully saturated rings. The first-order valence-electron chi connectivity index (χ1n) is 12.5. The molecule has 190 valence electrons. The first kappa shape index (κ1) is 24.9. The van der Waals surface area contributed by atoms with E-state index in [0.29, 0.717) is 42.6 Å². The van der Waals surface area contributed by atoms with Crippen molar-refractivity contribution in [1.82, 2.24) is 14.9 Å². The van der Waals surface area contributed by atoms with Crippen molar-refractivity contribution in [2.75, 3.05) is 38.2 Å². The van der Waals surface area contributed by atoms with Gasteiger partial charge in [-0.3, -0.25) is 0 Å². The number of aromatic nitrogens is 2. The number of fused-ring (bicyclic) bond motifs is 1. The van der Waals surface area contributed by atoms with Crippen LogP contribution in [0.5, 0.6) is 5.75 Å². The molecule has 3 aromatic rings. The summed E-state index contributed by atoms with van der Waals surface area (Å²) in [6, 6.07) is 9.28. The van der Waals surface area contributed by atoms with Gasteiger partial charge in [0.05, 0.1) is 18.4 Å². The minimum Gasteiger partial charge on any atom is -0.486 e. The minimum absolute atomic E-state index is 0.0741. The van der Waals surface area contributed by atoms with Crippen molar-refractivity contribution in [1.29, 1.82) is 0 Å². The van der Waals surface area contributed by atoms with Gasteiger partial charge in [0.1, 0.15) is 18.1 Å². The molecule has 1 saturated heterocycles. The standard InChI is InChI=1S/C28H31ClF2N4O/c1-17(2)35-10-11-36-28-23(30)14-20(15-25(28)35)27-24(31)16-32-26(33-27)13-18-4-5-21(22(29)12-18)19-6-8-34(3)9-7-19/h4-5,12,14-17,19H,6-11,13H2,1-3H3. The van der Waals surface area contributed by atoms with Crippen molar-refractivity contribution in [3.05, 3.63) is 70.1 Å². The highest BCUT2D eigenvalue weighted by molar-refractivity contribution is 6.31. The smallest absolute Gasteiger partial charge is 0.178 e. The molecule has 2 aromatic carbocycles. The van der Waals surface area contributed by atoms with Crippen LogP contribution in [0.1, 0.15) is 49.6 Å². The number of anilines is 1. The fourth-order valence-electron chi connectivity index (χ4n) is 5.18. The van der Waals surface area contributed by atoms with Crippen LogP contribution in [0.2, 0.25) is 5.02 Å². The Hall–Kier alpha value is -2.77. The normalized spacial score (nSPS) is 16.8. The molecule has 1 aromatic heterocycles. The van der Waals surface area contributed by atoms with Crippen molar-refractivity contribution < 1.29 is 13.5 Å². The zero-order chi connectivity index (χ0) is 25.4. The van der Waals surface area contributed by atoms with Gasteiger partial charge in [-0.2, -0.15) is 0 Å². The molecule has 0 radical (unpaired) electrons. The molecule has 0 bridgehead atoms. The zero-order valence-corrected chi connectivity index (χ0v) is 21.7. The molecular weight excluding hydrogens is 482 g/mol. The Morgan fingerprint density at radius 2 is 1.86 bits per heavy atom. The summed E-state index contributed by atoms with van der Waals surface area (Å²) in [5.41, 5.74) is 3.17. The van der Waals surface area contributed by atoms with Crippen LogP contribution in [0.25, 0.3) is 11.3 Å². The fourth-order valence-corrected chi connectivity index (χ4v) is 5.54. The van der Waals surface area contributed by atoms with Crippen LogP contribution in [-0.4, -0.2) is 54.2 Å². The van der Waals surface area contributed by atoms with Crippen LogP contribution in [0, 0.1) is 11.6 Å². The molecular formula is C28H31ClF2N4O. The number of rotatable bonds is 5. The van der Waals surface area contributed by atoms with Gasteiger partial charge < -0.3 is 14.5 Å². The summed E-state index contributed by atoms with van der Waals surface area (Å²) < 4.78 is 35.4. The van der Waals surface area contributed by atoms with E-state index in [4.69, 9.17) is 16.3 Å². The molecule has 0 saturated carbocycles. The van der Waals surface area contributed by atoms with E-state index >= 15 is 0 Å². The van der Waals surface area contributed by atoms with Gasteiger partial charge in [-0.05, 0) is 82.1 Å². The topological polar surface area (TPSA) is 41.5 Å². The summed E-state index contributed by atoms with van der Waals surface area (Å²) in [5, 5.41) is 0.745. The summed E-state index contributed by atoms with van der Waals surface area (Å²) in [6.45, 7) is 7.25. The molecule has 0 spiro atoms. The van der Waals surface area contributed by atoms with Gasteiger partial charge in [0.25, 0.3) is 0 Å². The van der Waals surface area contributed by atoms with E-state index in [0.717, 1.165) is 42.7 Å². The van der Waals surface area contributed by atoms with Gasteiger partial charge in [0, 0.05) is 23.0 Å². The summed E-state index contributed by atoms with van der Waals surface area (Å²) in [5.74, 6) is -0.00712. The fraction of sp³-hybridized carbons (Fsp3) is 0.429. The maximum Gasteiger partial charge on any atom is 0.178 e. The highest BCUT2D eigenvalue weighted by Gasteiger charge is 2.26. The third kappa shape index (κ3) is 5.04. The highest BCUT2D eigenvalue weighted by Crippen LogP contribution is 2.39. The van der Waals surface area contributed by atoms with Crippen LogP contribution in [0.4, 0.5) is 14.5 Å². The van der Waals surface area contributed by atoms with Crippen molar-refractivity contribution in [3.8, 4) is 17.0 Å². The van der Waals surface area contributed by atoms with E-state index in [9.17, 15) is 8.78 Å². The molecule has 2 aliphatic heterocycles. The second kappa shape index (κ2) is 10.3. The molecule has 5 rings (SSSR count). The number of hydrogen-bond acceptors (Lipinski definition) is 5. The van der Waals surface area contributed by atoms with E-state index in [1.54, 1.807) is 6.07 Å². The van der Waals surface area contributed by atoms with Crippen LogP contribution in [0.15, 0.2) is 36.5 Å². The van der Waals surface area contributed by atoms with Gasteiger partial charge in [-0.1, -0.05) is 23.7 Å². The van der Waals surface area contributed by atoms with Crippen molar-refractivity contribution in [2.45, 2.75) is 45.1 Å². The van der Waals surface area contributed by atoms with E-state index < -0.39 is 11.6 Å². The third-order valence-corrected chi connectivity index (χ3v) is 7.52. The molecule has 0 unspecified atom stereocenters. The lowest BCUT2D eigenvalue weighted by Gasteiger charge is -2.34. The average Bonchev–Trinajstić information content (AvgIpc) is 2.85. The Bertz CT molecular complexity index is 1260. The van der Waals surface area contributed by atoms with Gasteiger partial charge in [-0.15, -0.1) is 0 Å². The van der Waals surface area contributed by atoms with Gasteiger partial charge in [0.2, 0.25) is 0 Å². The van der Waals surface area contributed by atoms with Crippen molar-refractivity contribution >= 4 is 17.3 Å². The Balaban J connectivity index is 1.41. The van der Waals surface area contributed by atoms with E-state index in [2.05, 4.69) is 32.9 Å². The Morgan fingerprint density at radius 1 is 1.08 bits per heavy atom. The van der Waals surface area contributed by atoms with Crippen molar-refractivity contribution in [2.24, 2.45) is 0 Å². The van der Waals surface area contributed by atoms with E-state index in [1.807, 2.05) is 26.0 Å². The number of benzene rings is 2. The van der Waals surface area contributed by atoms with Crippen molar-refractivity contribution in [3.63, 3.8) is 0 Å². The SMILES string of the molecule is CC(C)N1CCOc2c(F)cc(-c3nc(Cc4ccc(C5CCN(C)CC5)c(Cl)c4)ncc3F)cc21. The summed E-state index contributed by atoms with van der Waals surface area (Å²) in [4.78, 5) is 13.1. The monoisotopic (exact) mass is 512 g/mol.